The van der Waals surface area contributed by atoms with Gasteiger partial charge in [0.2, 0.25) is 0 Å². The van der Waals surface area contributed by atoms with Crippen LogP contribution in [0.3, 0.4) is 0 Å². The van der Waals surface area contributed by atoms with Crippen LogP contribution in [0, 0.1) is 6.92 Å². The summed E-state index contributed by atoms with van der Waals surface area (Å²) in [5, 5.41) is 10.7. The highest BCUT2D eigenvalue weighted by Gasteiger charge is 2.20. The Bertz CT molecular complexity index is 595. The Kier molecular flexibility index (Phi) is 3.82. The molecule has 0 aromatic heterocycles. The van der Waals surface area contributed by atoms with E-state index in [0.29, 0.717) is 22.1 Å². The van der Waals surface area contributed by atoms with Crippen LogP contribution in [0.15, 0.2) is 48.5 Å². The van der Waals surface area contributed by atoms with Crippen molar-refractivity contribution in [3.05, 3.63) is 59.7 Å². The van der Waals surface area contributed by atoms with Crippen molar-refractivity contribution in [1.82, 2.24) is 0 Å². The van der Waals surface area contributed by atoms with Gasteiger partial charge >= 0.3 is 0 Å². The molecule has 1 amide bonds. The smallest absolute Gasteiger partial charge is 0.285 e. The van der Waals surface area contributed by atoms with Gasteiger partial charge in [-0.25, -0.2) is 0 Å². The van der Waals surface area contributed by atoms with Crippen LogP contribution < -0.4 is 9.80 Å². The summed E-state index contributed by atoms with van der Waals surface area (Å²) in [6.45, 7) is 1.83. The summed E-state index contributed by atoms with van der Waals surface area (Å²) < 4.78 is 5.12. The fourth-order valence-corrected chi connectivity index (χ4v) is 1.85. The minimum absolute atomic E-state index is 0.316. The normalized spacial score (nSPS) is 10.1. The van der Waals surface area contributed by atoms with Crippen molar-refractivity contribution in [3.63, 3.8) is 0 Å². The fraction of sp³-hybridized carbons (Fsp3) is 0.133. The maximum atomic E-state index is 12.3. The third-order valence-electron chi connectivity index (χ3n) is 2.87. The number of hydrogen-bond acceptors (Lipinski definition) is 3. The highest BCUT2D eigenvalue weighted by Crippen LogP contribution is 2.24. The average Bonchev–Trinajstić information content (AvgIpc) is 2.46. The van der Waals surface area contributed by atoms with Crippen LogP contribution in [0.25, 0.3) is 0 Å². The molecule has 1 N–H and O–H groups in total. The van der Waals surface area contributed by atoms with E-state index in [9.17, 15) is 10.0 Å². The molecule has 4 heteroatoms. The van der Waals surface area contributed by atoms with Gasteiger partial charge in [-0.3, -0.25) is 10.0 Å². The van der Waals surface area contributed by atoms with Gasteiger partial charge in [0.15, 0.2) is 0 Å². The second-order valence-corrected chi connectivity index (χ2v) is 4.10. The molecule has 0 aliphatic rings. The van der Waals surface area contributed by atoms with Gasteiger partial charge in [0.25, 0.3) is 5.91 Å². The highest BCUT2D eigenvalue weighted by molar-refractivity contribution is 6.06. The van der Waals surface area contributed by atoms with Crippen LogP contribution in [0.4, 0.5) is 5.69 Å². The molecule has 0 spiro atoms. The second-order valence-electron chi connectivity index (χ2n) is 4.10. The second kappa shape index (κ2) is 5.54. The number of rotatable bonds is 3. The summed E-state index contributed by atoms with van der Waals surface area (Å²) in [4.78, 5) is 12.3. The largest absolute Gasteiger partial charge is 0.496 e. The van der Waals surface area contributed by atoms with Gasteiger partial charge in [-0.15, -0.1) is 0 Å². The SMILES string of the molecule is COc1ccccc1C(=O)N(O)c1ccccc1C. The van der Waals surface area contributed by atoms with E-state index < -0.39 is 5.91 Å². The summed E-state index contributed by atoms with van der Waals surface area (Å²) in [5.74, 6) is -0.0908. The maximum Gasteiger partial charge on any atom is 0.285 e. The first kappa shape index (κ1) is 13.1. The van der Waals surface area contributed by atoms with E-state index in [-0.39, 0.29) is 0 Å². The number of ether oxygens (including phenoxy) is 1. The Labute approximate surface area is 111 Å². The van der Waals surface area contributed by atoms with E-state index in [1.807, 2.05) is 19.1 Å². The fourth-order valence-electron chi connectivity index (χ4n) is 1.85. The first-order valence-electron chi connectivity index (χ1n) is 5.87. The van der Waals surface area contributed by atoms with Crippen LogP contribution in [0.1, 0.15) is 15.9 Å². The zero-order valence-electron chi connectivity index (χ0n) is 10.8. The Morgan fingerprint density at radius 1 is 1.11 bits per heavy atom. The number of hydroxylamine groups is 1. The molecule has 2 aromatic carbocycles. The molecule has 2 aromatic rings. The quantitative estimate of drug-likeness (QED) is 0.679. The number of nitrogens with zero attached hydrogens (tertiary/aromatic N) is 1. The van der Waals surface area contributed by atoms with Crippen LogP contribution in [0.5, 0.6) is 5.75 Å². The Morgan fingerprint density at radius 2 is 1.74 bits per heavy atom. The van der Waals surface area contributed by atoms with Gasteiger partial charge in [-0.1, -0.05) is 30.3 Å². The molecule has 0 saturated carbocycles. The van der Waals surface area contributed by atoms with Crippen molar-refractivity contribution in [1.29, 1.82) is 0 Å². The summed E-state index contributed by atoms with van der Waals surface area (Å²) in [7, 11) is 1.49. The van der Waals surface area contributed by atoms with Crippen molar-refractivity contribution in [2.45, 2.75) is 6.92 Å². The summed E-state index contributed by atoms with van der Waals surface area (Å²) in [5.41, 5.74) is 1.59. The average molecular weight is 257 g/mol. The van der Waals surface area contributed by atoms with Crippen molar-refractivity contribution in [2.24, 2.45) is 0 Å². The topological polar surface area (TPSA) is 49.8 Å². The number of benzene rings is 2. The van der Waals surface area contributed by atoms with Crippen LogP contribution in [0.2, 0.25) is 0 Å². The van der Waals surface area contributed by atoms with E-state index in [1.54, 1.807) is 36.4 Å². The van der Waals surface area contributed by atoms with Crippen LogP contribution >= 0.6 is 0 Å². The molecule has 0 radical (unpaired) electrons. The Balaban J connectivity index is 2.37. The standard InChI is InChI=1S/C15H15NO3/c1-11-7-3-5-9-13(11)16(18)15(17)12-8-4-6-10-14(12)19-2/h3-10,18H,1-2H3. The number of para-hydroxylation sites is 2. The molecule has 0 aliphatic carbocycles. The zero-order valence-corrected chi connectivity index (χ0v) is 10.8. The van der Waals surface area contributed by atoms with Crippen molar-refractivity contribution >= 4 is 11.6 Å². The lowest BCUT2D eigenvalue weighted by atomic mass is 10.1. The number of aryl methyl sites for hydroxylation is 1. The zero-order chi connectivity index (χ0) is 13.8. The lowest BCUT2D eigenvalue weighted by Gasteiger charge is -2.18. The predicted octanol–water partition coefficient (Wildman–Crippen LogP) is 3.04. The van der Waals surface area contributed by atoms with Gasteiger partial charge in [-0.2, -0.15) is 5.06 Å². The van der Waals surface area contributed by atoms with Crippen LogP contribution in [-0.2, 0) is 0 Å². The molecule has 0 unspecified atom stereocenters. The summed E-state index contributed by atoms with van der Waals surface area (Å²) in [6, 6.07) is 13.9. The molecule has 0 saturated heterocycles. The molecule has 0 heterocycles. The molecule has 0 bridgehead atoms. The minimum atomic E-state index is -0.522. The number of amides is 1. The van der Waals surface area contributed by atoms with E-state index in [2.05, 4.69) is 0 Å². The lowest BCUT2D eigenvalue weighted by molar-refractivity contribution is 0.0851. The van der Waals surface area contributed by atoms with Gasteiger partial charge in [0.1, 0.15) is 5.75 Å². The molecular weight excluding hydrogens is 242 g/mol. The first-order chi connectivity index (χ1) is 9.15. The molecule has 2 rings (SSSR count). The predicted molar refractivity (Wildman–Crippen MR) is 72.8 cm³/mol. The van der Waals surface area contributed by atoms with Crippen LogP contribution in [-0.4, -0.2) is 18.2 Å². The monoisotopic (exact) mass is 257 g/mol. The van der Waals surface area contributed by atoms with Gasteiger partial charge < -0.3 is 4.74 Å². The van der Waals surface area contributed by atoms with Gasteiger partial charge in [0, 0.05) is 0 Å². The first-order valence-corrected chi connectivity index (χ1v) is 5.87. The minimum Gasteiger partial charge on any atom is -0.496 e. The number of anilines is 1. The summed E-state index contributed by atoms with van der Waals surface area (Å²) in [6.07, 6.45) is 0. The van der Waals surface area contributed by atoms with E-state index >= 15 is 0 Å². The molecule has 98 valence electrons. The highest BCUT2D eigenvalue weighted by atomic mass is 16.5. The van der Waals surface area contributed by atoms with E-state index in [4.69, 9.17) is 4.74 Å². The van der Waals surface area contributed by atoms with Crippen molar-refractivity contribution in [2.75, 3.05) is 12.2 Å². The molecular formula is C15H15NO3. The van der Waals surface area contributed by atoms with Gasteiger partial charge in [-0.05, 0) is 30.7 Å². The lowest BCUT2D eigenvalue weighted by Crippen LogP contribution is -2.28. The van der Waals surface area contributed by atoms with Crippen molar-refractivity contribution < 1.29 is 14.7 Å². The van der Waals surface area contributed by atoms with Gasteiger partial charge in [0.05, 0.1) is 18.4 Å². The summed E-state index contributed by atoms with van der Waals surface area (Å²) >= 11 is 0. The maximum absolute atomic E-state index is 12.3. The van der Waals surface area contributed by atoms with E-state index in [0.717, 1.165) is 5.56 Å². The van der Waals surface area contributed by atoms with Crippen molar-refractivity contribution in [3.8, 4) is 5.75 Å². The third-order valence-corrected chi connectivity index (χ3v) is 2.87. The Hall–Kier alpha value is -2.33. The third kappa shape index (κ3) is 2.58. The number of methoxy groups -OCH3 is 1. The van der Waals surface area contributed by atoms with E-state index in [1.165, 1.54) is 7.11 Å². The molecule has 0 atom stereocenters. The number of hydrogen-bond donors (Lipinski definition) is 1. The molecule has 19 heavy (non-hydrogen) atoms. The molecule has 4 nitrogen and oxygen atoms in total. The molecule has 0 fully saturated rings. The molecule has 0 aliphatic heterocycles. The Morgan fingerprint density at radius 3 is 2.42 bits per heavy atom. The number of carbonyl (C=O) groups excluding carboxylic acids is 1. The number of carbonyl (C=O) groups is 1.